The fraction of sp³-hybridized carbons (Fsp3) is 0.625. The van der Waals surface area contributed by atoms with E-state index in [1.807, 2.05) is 0 Å². The van der Waals surface area contributed by atoms with Crippen LogP contribution in [0.1, 0.15) is 50.2 Å². The lowest BCUT2D eigenvalue weighted by Gasteiger charge is -2.14. The van der Waals surface area contributed by atoms with Crippen LogP contribution in [0.5, 0.6) is 0 Å². The van der Waals surface area contributed by atoms with Crippen LogP contribution in [0, 0.1) is 5.92 Å². The quantitative estimate of drug-likeness (QED) is 0.776. The first kappa shape index (κ1) is 13.6. The second-order valence-corrected chi connectivity index (χ2v) is 5.93. The lowest BCUT2D eigenvalue weighted by molar-refractivity contribution is 0.146. The van der Waals surface area contributed by atoms with Gasteiger partial charge in [0.05, 0.1) is 6.10 Å². The van der Waals surface area contributed by atoms with Gasteiger partial charge in [0.15, 0.2) is 0 Å². The van der Waals surface area contributed by atoms with Crippen molar-refractivity contribution in [3.8, 4) is 0 Å². The van der Waals surface area contributed by atoms with Gasteiger partial charge >= 0.3 is 0 Å². The van der Waals surface area contributed by atoms with Gasteiger partial charge in [-0.25, -0.2) is 0 Å². The molecule has 1 aliphatic rings. The fourth-order valence-electron chi connectivity index (χ4n) is 2.33. The molecule has 18 heavy (non-hydrogen) atoms. The maximum absolute atomic E-state index is 9.76. The van der Waals surface area contributed by atoms with Crippen LogP contribution in [0.2, 0.25) is 0 Å². The van der Waals surface area contributed by atoms with E-state index in [9.17, 15) is 5.11 Å². The second kappa shape index (κ2) is 6.35. The number of nitrogens with one attached hydrogen (secondary N) is 1. The summed E-state index contributed by atoms with van der Waals surface area (Å²) in [5.41, 5.74) is 2.79. The van der Waals surface area contributed by atoms with Crippen LogP contribution in [0.15, 0.2) is 24.3 Å². The summed E-state index contributed by atoms with van der Waals surface area (Å²) >= 11 is 0. The molecule has 1 aromatic carbocycles. The van der Waals surface area contributed by atoms with Gasteiger partial charge in [-0.1, -0.05) is 38.1 Å². The van der Waals surface area contributed by atoms with E-state index in [1.165, 1.54) is 24.0 Å². The molecule has 1 unspecified atom stereocenters. The summed E-state index contributed by atoms with van der Waals surface area (Å²) < 4.78 is 0. The summed E-state index contributed by atoms with van der Waals surface area (Å²) in [6.45, 7) is 5.81. The number of benzene rings is 1. The van der Waals surface area contributed by atoms with E-state index in [1.54, 1.807) is 0 Å². The van der Waals surface area contributed by atoms with Crippen molar-refractivity contribution in [2.75, 3.05) is 6.54 Å². The molecule has 0 heterocycles. The van der Waals surface area contributed by atoms with E-state index in [4.69, 9.17) is 0 Å². The maximum atomic E-state index is 9.76. The van der Waals surface area contributed by atoms with Crippen LogP contribution >= 0.6 is 0 Å². The lowest BCUT2D eigenvalue weighted by Crippen LogP contribution is -2.27. The van der Waals surface area contributed by atoms with Crippen LogP contribution in [-0.2, 0) is 6.54 Å². The van der Waals surface area contributed by atoms with Crippen LogP contribution in [0.4, 0.5) is 0 Å². The first-order valence-corrected chi connectivity index (χ1v) is 7.12. The number of aliphatic hydroxyl groups excluding tert-OH is 1. The number of aliphatic hydroxyl groups is 1. The number of hydrogen-bond acceptors (Lipinski definition) is 2. The Labute approximate surface area is 110 Å². The van der Waals surface area contributed by atoms with Gasteiger partial charge in [0.25, 0.3) is 0 Å². The molecule has 1 saturated carbocycles. The smallest absolute Gasteiger partial charge is 0.0667 e. The molecule has 1 fully saturated rings. The molecule has 2 nitrogen and oxygen atoms in total. The Hall–Kier alpha value is -0.860. The van der Waals surface area contributed by atoms with Crippen LogP contribution < -0.4 is 5.32 Å². The highest BCUT2D eigenvalue weighted by Gasteiger charge is 2.22. The summed E-state index contributed by atoms with van der Waals surface area (Å²) in [5, 5.41) is 13.1. The van der Waals surface area contributed by atoms with E-state index >= 15 is 0 Å². The van der Waals surface area contributed by atoms with Crippen molar-refractivity contribution in [2.24, 2.45) is 5.92 Å². The minimum absolute atomic E-state index is 0.226. The third kappa shape index (κ3) is 4.43. The second-order valence-electron chi connectivity index (χ2n) is 5.93. The zero-order chi connectivity index (χ0) is 13.0. The van der Waals surface area contributed by atoms with Crippen molar-refractivity contribution in [1.82, 2.24) is 5.32 Å². The minimum Gasteiger partial charge on any atom is -0.392 e. The number of rotatable bonds is 7. The molecule has 2 rings (SSSR count). The first-order valence-electron chi connectivity index (χ1n) is 7.12. The topological polar surface area (TPSA) is 32.3 Å². The number of hydrogen-bond donors (Lipinski definition) is 2. The van der Waals surface area contributed by atoms with Crippen molar-refractivity contribution in [1.29, 1.82) is 0 Å². The van der Waals surface area contributed by atoms with E-state index in [0.717, 1.165) is 18.9 Å². The predicted molar refractivity (Wildman–Crippen MR) is 75.6 cm³/mol. The lowest BCUT2D eigenvalue weighted by atomic mass is 10.1. The Kier molecular flexibility index (Phi) is 4.79. The molecule has 0 amide bonds. The Morgan fingerprint density at radius 2 is 1.89 bits per heavy atom. The van der Waals surface area contributed by atoms with Crippen LogP contribution in [0.3, 0.4) is 0 Å². The van der Waals surface area contributed by atoms with Crippen LogP contribution in [0.25, 0.3) is 0 Å². The van der Waals surface area contributed by atoms with Gasteiger partial charge in [0.1, 0.15) is 0 Å². The van der Waals surface area contributed by atoms with E-state index < -0.39 is 0 Å². The maximum Gasteiger partial charge on any atom is 0.0667 e. The Morgan fingerprint density at radius 1 is 1.22 bits per heavy atom. The Bertz CT molecular complexity index is 354. The average Bonchev–Trinajstić information content (AvgIpc) is 3.13. The zero-order valence-electron chi connectivity index (χ0n) is 11.5. The van der Waals surface area contributed by atoms with Gasteiger partial charge in [0, 0.05) is 13.1 Å². The summed E-state index contributed by atoms with van der Waals surface area (Å²) in [7, 11) is 0. The monoisotopic (exact) mass is 247 g/mol. The van der Waals surface area contributed by atoms with Gasteiger partial charge in [-0.3, -0.25) is 0 Å². The highest BCUT2D eigenvalue weighted by molar-refractivity contribution is 5.27. The first-order chi connectivity index (χ1) is 8.65. The van der Waals surface area contributed by atoms with Crippen molar-refractivity contribution in [3.05, 3.63) is 35.4 Å². The van der Waals surface area contributed by atoms with Crippen LogP contribution in [-0.4, -0.2) is 17.8 Å². The van der Waals surface area contributed by atoms with Gasteiger partial charge in [0.2, 0.25) is 0 Å². The van der Waals surface area contributed by atoms with E-state index in [0.29, 0.717) is 12.5 Å². The molecular formula is C16H25NO. The average molecular weight is 247 g/mol. The Morgan fingerprint density at radius 3 is 2.44 bits per heavy atom. The third-order valence-corrected chi connectivity index (χ3v) is 3.48. The van der Waals surface area contributed by atoms with Gasteiger partial charge in [-0.2, -0.15) is 0 Å². The molecule has 1 atom stereocenters. The standard InChI is InChI=1S/C16H25NO/c1-12(2)9-16(18)11-17-10-13-3-5-14(6-4-13)15-7-8-15/h3-6,12,15-18H,7-11H2,1-2H3. The molecule has 0 aromatic heterocycles. The molecule has 100 valence electrons. The third-order valence-electron chi connectivity index (χ3n) is 3.48. The van der Waals surface area contributed by atoms with Crippen molar-refractivity contribution >= 4 is 0 Å². The van der Waals surface area contributed by atoms with Gasteiger partial charge in [-0.05, 0) is 42.2 Å². The predicted octanol–water partition coefficient (Wildman–Crippen LogP) is 3.06. The highest BCUT2D eigenvalue weighted by atomic mass is 16.3. The molecule has 2 heteroatoms. The Balaban J connectivity index is 1.69. The summed E-state index contributed by atoms with van der Waals surface area (Å²) in [4.78, 5) is 0. The molecule has 1 aromatic rings. The van der Waals surface area contributed by atoms with Crippen molar-refractivity contribution in [3.63, 3.8) is 0 Å². The zero-order valence-corrected chi connectivity index (χ0v) is 11.5. The fourth-order valence-corrected chi connectivity index (χ4v) is 2.33. The molecule has 2 N–H and O–H groups in total. The summed E-state index contributed by atoms with van der Waals surface area (Å²) in [6.07, 6.45) is 3.36. The normalized spacial score (nSPS) is 17.1. The molecule has 1 aliphatic carbocycles. The molecule has 0 bridgehead atoms. The summed E-state index contributed by atoms with van der Waals surface area (Å²) in [6, 6.07) is 8.91. The molecule has 0 radical (unpaired) electrons. The van der Waals surface area contributed by atoms with Gasteiger partial charge in [-0.15, -0.1) is 0 Å². The molecular weight excluding hydrogens is 222 g/mol. The van der Waals surface area contributed by atoms with Crippen molar-refractivity contribution in [2.45, 2.75) is 51.7 Å². The van der Waals surface area contributed by atoms with Gasteiger partial charge < -0.3 is 10.4 Å². The minimum atomic E-state index is -0.226. The molecule has 0 aliphatic heterocycles. The SMILES string of the molecule is CC(C)CC(O)CNCc1ccc(C2CC2)cc1. The summed E-state index contributed by atoms with van der Waals surface area (Å²) in [5.74, 6) is 1.39. The largest absolute Gasteiger partial charge is 0.392 e. The van der Waals surface area contributed by atoms with E-state index in [-0.39, 0.29) is 6.10 Å². The highest BCUT2D eigenvalue weighted by Crippen LogP contribution is 2.39. The molecule has 0 spiro atoms. The van der Waals surface area contributed by atoms with E-state index in [2.05, 4.69) is 43.4 Å². The molecule has 0 saturated heterocycles. The van der Waals surface area contributed by atoms with Crippen molar-refractivity contribution < 1.29 is 5.11 Å².